The third kappa shape index (κ3) is 5.60. The van der Waals surface area contributed by atoms with Gasteiger partial charge in [0.25, 0.3) is 5.91 Å². The van der Waals surface area contributed by atoms with Crippen LogP contribution in [0.25, 0.3) is 11.0 Å². The zero-order valence-corrected chi connectivity index (χ0v) is 20.1. The fourth-order valence-corrected chi connectivity index (χ4v) is 5.75. The van der Waals surface area contributed by atoms with Crippen molar-refractivity contribution in [3.63, 3.8) is 0 Å². The third-order valence-corrected chi connectivity index (χ3v) is 7.89. The molecule has 1 N–H and O–H groups in total. The quantitative estimate of drug-likeness (QED) is 0.408. The Labute approximate surface area is 202 Å². The summed E-state index contributed by atoms with van der Waals surface area (Å²) in [5, 5.41) is 3.09. The Morgan fingerprint density at radius 2 is 1.74 bits per heavy atom. The first-order valence-electron chi connectivity index (χ1n) is 11.4. The Morgan fingerprint density at radius 3 is 2.49 bits per heavy atom. The number of amides is 1. The van der Waals surface area contributed by atoms with Crippen molar-refractivity contribution in [3.05, 3.63) is 70.1 Å². The van der Waals surface area contributed by atoms with Gasteiger partial charge < -0.3 is 14.5 Å². The van der Waals surface area contributed by atoms with E-state index in [1.165, 1.54) is 16.4 Å². The fraction of sp³-hybridized carbons (Fsp3) is 0.320. The van der Waals surface area contributed by atoms with Gasteiger partial charge in [0.2, 0.25) is 10.0 Å². The van der Waals surface area contributed by atoms with Crippen LogP contribution in [0.15, 0.2) is 62.6 Å². The van der Waals surface area contributed by atoms with Crippen LogP contribution >= 0.6 is 0 Å². The minimum absolute atomic E-state index is 0.128. The number of hydrogen-bond donors (Lipinski definition) is 1. The van der Waals surface area contributed by atoms with Crippen molar-refractivity contribution < 1.29 is 27.2 Å². The lowest BCUT2D eigenvalue weighted by atomic mass is 10.2. The Kier molecular flexibility index (Phi) is 7.32. The second-order valence-electron chi connectivity index (χ2n) is 8.41. The molecule has 184 valence electrons. The van der Waals surface area contributed by atoms with Gasteiger partial charge in [0.15, 0.2) is 6.61 Å². The van der Waals surface area contributed by atoms with E-state index in [-0.39, 0.29) is 16.1 Å². The highest BCUT2D eigenvalue weighted by Gasteiger charge is 2.27. The molecule has 0 bridgehead atoms. The normalized spacial score (nSPS) is 14.9. The van der Waals surface area contributed by atoms with Crippen LogP contribution in [0.2, 0.25) is 0 Å². The van der Waals surface area contributed by atoms with Gasteiger partial charge in [-0.1, -0.05) is 37.1 Å². The van der Waals surface area contributed by atoms with Crippen LogP contribution in [0.5, 0.6) is 0 Å². The van der Waals surface area contributed by atoms with Gasteiger partial charge in [-0.2, -0.15) is 4.31 Å². The molecule has 0 radical (unpaired) electrons. The molecular formula is C25H26N2O7S. The molecule has 1 saturated heterocycles. The molecule has 3 aromatic rings. The molecule has 1 amide bonds. The lowest BCUT2D eigenvalue weighted by Gasteiger charge is -2.21. The highest BCUT2D eigenvalue weighted by Crippen LogP contribution is 2.26. The van der Waals surface area contributed by atoms with Crippen LogP contribution < -0.4 is 10.9 Å². The minimum atomic E-state index is -3.71. The van der Waals surface area contributed by atoms with E-state index in [1.54, 1.807) is 43.3 Å². The molecule has 1 aliphatic heterocycles. The number of aryl methyl sites for hydroxylation is 1. The number of anilines is 1. The number of ether oxygens (including phenoxy) is 1. The number of nitrogens with one attached hydrogen (secondary N) is 1. The summed E-state index contributed by atoms with van der Waals surface area (Å²) in [6.45, 7) is 1.98. The smallest absolute Gasteiger partial charge is 0.351 e. The van der Waals surface area contributed by atoms with E-state index in [2.05, 4.69) is 5.32 Å². The van der Waals surface area contributed by atoms with Crippen LogP contribution in [0, 0.1) is 6.92 Å². The first-order valence-corrected chi connectivity index (χ1v) is 12.8. The van der Waals surface area contributed by atoms with Gasteiger partial charge in [-0.15, -0.1) is 0 Å². The molecule has 0 unspecified atom stereocenters. The zero-order valence-electron chi connectivity index (χ0n) is 19.3. The maximum atomic E-state index is 13.2. The summed E-state index contributed by atoms with van der Waals surface area (Å²) in [7, 11) is -3.71. The average Bonchev–Trinajstić information content (AvgIpc) is 3.13. The Morgan fingerprint density at radius 1 is 1.03 bits per heavy atom. The van der Waals surface area contributed by atoms with E-state index < -0.39 is 34.1 Å². The highest BCUT2D eigenvalue weighted by molar-refractivity contribution is 7.89. The average molecular weight is 499 g/mol. The van der Waals surface area contributed by atoms with Crippen molar-refractivity contribution in [3.8, 4) is 0 Å². The third-order valence-electron chi connectivity index (χ3n) is 5.85. The first kappa shape index (κ1) is 24.6. The molecule has 4 rings (SSSR count). The summed E-state index contributed by atoms with van der Waals surface area (Å²) in [5.74, 6) is -1.67. The molecule has 2 heterocycles. The molecule has 0 aliphatic carbocycles. The van der Waals surface area contributed by atoms with Gasteiger partial charge >= 0.3 is 11.6 Å². The van der Waals surface area contributed by atoms with Gasteiger partial charge in [-0.05, 0) is 49.6 Å². The van der Waals surface area contributed by atoms with Gasteiger partial charge in [0.1, 0.15) is 11.1 Å². The lowest BCUT2D eigenvalue weighted by molar-refractivity contribution is -0.119. The number of hydrogen-bond acceptors (Lipinski definition) is 7. The summed E-state index contributed by atoms with van der Waals surface area (Å²) >= 11 is 0. The van der Waals surface area contributed by atoms with Gasteiger partial charge in [-0.25, -0.2) is 18.0 Å². The number of benzene rings is 2. The van der Waals surface area contributed by atoms with Crippen LogP contribution in [0.3, 0.4) is 0 Å². The number of nitrogens with zero attached hydrogens (tertiary/aromatic N) is 1. The van der Waals surface area contributed by atoms with E-state index in [0.29, 0.717) is 29.6 Å². The number of para-hydroxylation sites is 1. The van der Waals surface area contributed by atoms with Crippen molar-refractivity contribution >= 4 is 38.6 Å². The minimum Gasteiger partial charge on any atom is -0.452 e. The predicted octanol–water partition coefficient (Wildman–Crippen LogP) is 3.46. The second-order valence-corrected chi connectivity index (χ2v) is 10.3. The van der Waals surface area contributed by atoms with Crippen molar-refractivity contribution in [1.82, 2.24) is 4.31 Å². The van der Waals surface area contributed by atoms with Gasteiger partial charge in [-0.3, -0.25) is 4.79 Å². The Bertz CT molecular complexity index is 1420. The lowest BCUT2D eigenvalue weighted by Crippen LogP contribution is -2.32. The van der Waals surface area contributed by atoms with E-state index in [9.17, 15) is 22.8 Å². The molecule has 10 heteroatoms. The number of esters is 1. The van der Waals surface area contributed by atoms with Gasteiger partial charge in [0.05, 0.1) is 4.90 Å². The Hall–Kier alpha value is -3.50. The number of carbonyl (C=O) groups excluding carboxylic acids is 2. The highest BCUT2D eigenvalue weighted by atomic mass is 32.2. The SMILES string of the molecule is Cc1ccc(NC(=O)COC(=O)c2cc3ccccc3oc2=O)cc1S(=O)(=O)N1CCCCCC1. The summed E-state index contributed by atoms with van der Waals surface area (Å²) in [5.41, 5.74) is -0.0252. The molecule has 35 heavy (non-hydrogen) atoms. The maximum Gasteiger partial charge on any atom is 0.351 e. The summed E-state index contributed by atoms with van der Waals surface area (Å²) in [4.78, 5) is 37.0. The molecule has 9 nitrogen and oxygen atoms in total. The molecular weight excluding hydrogens is 472 g/mol. The largest absolute Gasteiger partial charge is 0.452 e. The number of sulfonamides is 1. The summed E-state index contributed by atoms with van der Waals surface area (Å²) in [6, 6.07) is 12.7. The summed E-state index contributed by atoms with van der Waals surface area (Å²) in [6.07, 6.45) is 3.63. The van der Waals surface area contributed by atoms with Crippen molar-refractivity contribution in [2.45, 2.75) is 37.5 Å². The van der Waals surface area contributed by atoms with Crippen molar-refractivity contribution in [2.75, 3.05) is 25.0 Å². The van der Waals surface area contributed by atoms with E-state index in [1.807, 2.05) is 0 Å². The maximum absolute atomic E-state index is 13.2. The molecule has 1 aromatic heterocycles. The molecule has 1 aliphatic rings. The summed E-state index contributed by atoms with van der Waals surface area (Å²) < 4.78 is 38.0. The first-order chi connectivity index (χ1) is 16.8. The van der Waals surface area contributed by atoms with E-state index in [4.69, 9.17) is 9.15 Å². The molecule has 1 fully saturated rings. The monoisotopic (exact) mass is 498 g/mol. The molecule has 0 atom stereocenters. The fourth-order valence-electron chi connectivity index (χ4n) is 3.99. The number of rotatable bonds is 6. The molecule has 0 saturated carbocycles. The Balaban J connectivity index is 1.43. The van der Waals surface area contributed by atoms with Crippen LogP contribution in [0.4, 0.5) is 5.69 Å². The van der Waals surface area contributed by atoms with Crippen LogP contribution in [0.1, 0.15) is 41.6 Å². The molecule has 0 spiro atoms. The molecule has 2 aromatic carbocycles. The van der Waals surface area contributed by atoms with E-state index in [0.717, 1.165) is 25.7 Å². The van der Waals surface area contributed by atoms with Crippen molar-refractivity contribution in [2.24, 2.45) is 0 Å². The second kappa shape index (κ2) is 10.4. The van der Waals surface area contributed by atoms with Crippen LogP contribution in [-0.4, -0.2) is 44.3 Å². The standard InChI is InChI=1S/C25H26N2O7S/c1-17-10-11-19(15-22(17)35(31,32)27-12-6-2-3-7-13-27)26-23(28)16-33-24(29)20-14-18-8-4-5-9-21(18)34-25(20)30/h4-5,8-11,14-15H,2-3,6-7,12-13,16H2,1H3,(H,26,28). The topological polar surface area (TPSA) is 123 Å². The number of fused-ring (bicyclic) bond motifs is 1. The number of carbonyl (C=O) groups is 2. The van der Waals surface area contributed by atoms with Crippen molar-refractivity contribution in [1.29, 1.82) is 0 Å². The zero-order chi connectivity index (χ0) is 25.0. The van der Waals surface area contributed by atoms with Gasteiger partial charge in [0, 0.05) is 24.2 Å². The van der Waals surface area contributed by atoms with Crippen LogP contribution in [-0.2, 0) is 19.6 Å². The van der Waals surface area contributed by atoms with E-state index >= 15 is 0 Å². The predicted molar refractivity (Wildman–Crippen MR) is 130 cm³/mol.